The van der Waals surface area contributed by atoms with E-state index in [0.29, 0.717) is 18.5 Å². The number of halogens is 1. The molecule has 39 heavy (non-hydrogen) atoms. The fourth-order valence-corrected chi connectivity index (χ4v) is 5.62. The maximum atomic E-state index is 14.6. The molecule has 0 aliphatic rings. The number of rotatable bonds is 12. The van der Waals surface area contributed by atoms with Crippen LogP contribution in [0.25, 0.3) is 0 Å². The van der Waals surface area contributed by atoms with E-state index in [1.165, 1.54) is 23.1 Å². The molecule has 0 radical (unpaired) electrons. The molecule has 2 atom stereocenters. The molecule has 2 unspecified atom stereocenters. The fourth-order valence-electron chi connectivity index (χ4n) is 4.14. The van der Waals surface area contributed by atoms with Crippen LogP contribution in [0.2, 0.25) is 0 Å². The number of sulfonamides is 1. The van der Waals surface area contributed by atoms with Crippen LogP contribution in [0, 0.1) is 5.82 Å². The molecule has 208 valence electrons. The third-order valence-electron chi connectivity index (χ3n) is 6.72. The van der Waals surface area contributed by atoms with E-state index >= 15 is 0 Å². The van der Waals surface area contributed by atoms with Gasteiger partial charge in [-0.25, -0.2) is 12.8 Å². The Morgan fingerprint density at radius 1 is 0.872 bits per heavy atom. The van der Waals surface area contributed by atoms with Gasteiger partial charge in [-0.05, 0) is 56.5 Å². The molecule has 9 heteroatoms. The van der Waals surface area contributed by atoms with Crippen LogP contribution in [0.5, 0.6) is 0 Å². The van der Waals surface area contributed by atoms with Crippen molar-refractivity contribution in [3.63, 3.8) is 0 Å². The molecule has 0 bridgehead atoms. The Balaban J connectivity index is 2.06. The molecule has 1 N–H and O–H groups in total. The van der Waals surface area contributed by atoms with Gasteiger partial charge in [0.05, 0.1) is 10.6 Å². The van der Waals surface area contributed by atoms with Crippen molar-refractivity contribution in [3.05, 3.63) is 95.8 Å². The van der Waals surface area contributed by atoms with Gasteiger partial charge in [0.1, 0.15) is 18.4 Å². The van der Waals surface area contributed by atoms with Crippen LogP contribution in [0.15, 0.2) is 83.8 Å². The number of aryl methyl sites for hydroxylation is 1. The van der Waals surface area contributed by atoms with Crippen molar-refractivity contribution >= 4 is 27.5 Å². The van der Waals surface area contributed by atoms with E-state index in [4.69, 9.17) is 0 Å². The summed E-state index contributed by atoms with van der Waals surface area (Å²) in [7, 11) is -4.15. The molecule has 0 heterocycles. The molecule has 3 rings (SSSR count). The highest BCUT2D eigenvalue weighted by Crippen LogP contribution is 2.28. The monoisotopic (exact) mass is 553 g/mol. The number of carbonyl (C=O) groups excluding carboxylic acids is 2. The van der Waals surface area contributed by atoms with Crippen LogP contribution >= 0.6 is 0 Å². The summed E-state index contributed by atoms with van der Waals surface area (Å²) in [6, 6.07) is 19.8. The lowest BCUT2D eigenvalue weighted by Gasteiger charge is -2.33. The largest absolute Gasteiger partial charge is 0.352 e. The van der Waals surface area contributed by atoms with Crippen molar-refractivity contribution in [2.45, 2.75) is 64.1 Å². The number of hydrogen-bond donors (Lipinski definition) is 1. The summed E-state index contributed by atoms with van der Waals surface area (Å²) in [6.07, 6.45) is 1.23. The summed E-state index contributed by atoms with van der Waals surface area (Å²) in [5.74, 6) is -1.55. The van der Waals surface area contributed by atoms with Gasteiger partial charge in [0.15, 0.2) is 0 Å². The molecule has 0 saturated carbocycles. The van der Waals surface area contributed by atoms with E-state index in [1.54, 1.807) is 55.5 Å². The molecule has 0 aliphatic carbocycles. The minimum atomic E-state index is -4.15. The predicted molar refractivity (Wildman–Crippen MR) is 151 cm³/mol. The zero-order valence-electron chi connectivity index (χ0n) is 22.8. The van der Waals surface area contributed by atoms with Crippen molar-refractivity contribution in [1.82, 2.24) is 10.2 Å². The van der Waals surface area contributed by atoms with Gasteiger partial charge < -0.3 is 10.2 Å². The lowest BCUT2D eigenvalue weighted by atomic mass is 10.1. The Labute approximate surface area is 230 Å². The number of hydrogen-bond acceptors (Lipinski definition) is 4. The van der Waals surface area contributed by atoms with Crippen LogP contribution in [-0.2, 0) is 32.6 Å². The molecular formula is C30H36FN3O4S. The van der Waals surface area contributed by atoms with Gasteiger partial charge in [-0.15, -0.1) is 0 Å². The molecule has 3 aromatic carbocycles. The van der Waals surface area contributed by atoms with Crippen molar-refractivity contribution in [2.24, 2.45) is 0 Å². The second kappa shape index (κ2) is 13.4. The molecule has 7 nitrogen and oxygen atoms in total. The first-order chi connectivity index (χ1) is 18.6. The Morgan fingerprint density at radius 2 is 1.46 bits per heavy atom. The number of benzene rings is 3. The van der Waals surface area contributed by atoms with E-state index < -0.39 is 40.2 Å². The average Bonchev–Trinajstić information content (AvgIpc) is 2.95. The number of nitrogens with zero attached hydrogens (tertiary/aromatic N) is 2. The number of amides is 2. The molecule has 2 amide bonds. The maximum absolute atomic E-state index is 14.6. The quantitative estimate of drug-likeness (QED) is 0.345. The standard InChI is InChI=1S/C30H36FN3O4S/c1-5-22(3)32-30(36)23(4)33(20-25-15-10-12-18-27(25)31)29(35)21-34(28-19-13-11-14-24(28)6-2)39(37,38)26-16-8-7-9-17-26/h7-19,22-23H,5-6,20-21H2,1-4H3,(H,32,36). The number of para-hydroxylation sites is 1. The summed E-state index contributed by atoms with van der Waals surface area (Å²) in [6.45, 7) is 6.48. The normalized spacial score (nSPS) is 12.8. The van der Waals surface area contributed by atoms with Crippen LogP contribution in [-0.4, -0.2) is 43.8 Å². The highest BCUT2D eigenvalue weighted by molar-refractivity contribution is 7.92. The zero-order valence-corrected chi connectivity index (χ0v) is 23.6. The van der Waals surface area contributed by atoms with Crippen molar-refractivity contribution < 1.29 is 22.4 Å². The summed E-state index contributed by atoms with van der Waals surface area (Å²) in [5.41, 5.74) is 1.34. The fraction of sp³-hybridized carbons (Fsp3) is 0.333. The van der Waals surface area contributed by atoms with Gasteiger partial charge in [0, 0.05) is 18.2 Å². The first-order valence-corrected chi connectivity index (χ1v) is 14.5. The summed E-state index contributed by atoms with van der Waals surface area (Å²) >= 11 is 0. The van der Waals surface area contributed by atoms with E-state index in [-0.39, 0.29) is 23.0 Å². The van der Waals surface area contributed by atoms with Crippen molar-refractivity contribution in [3.8, 4) is 0 Å². The molecule has 3 aromatic rings. The van der Waals surface area contributed by atoms with Crippen molar-refractivity contribution in [1.29, 1.82) is 0 Å². The van der Waals surface area contributed by atoms with Gasteiger partial charge >= 0.3 is 0 Å². The minimum absolute atomic E-state index is 0.0342. The Bertz CT molecular complexity index is 1380. The lowest BCUT2D eigenvalue weighted by molar-refractivity contribution is -0.139. The topological polar surface area (TPSA) is 86.8 Å². The van der Waals surface area contributed by atoms with Crippen LogP contribution in [0.1, 0.15) is 45.2 Å². The van der Waals surface area contributed by atoms with Crippen molar-refractivity contribution in [2.75, 3.05) is 10.8 Å². The Kier molecular flexibility index (Phi) is 10.2. The second-order valence-electron chi connectivity index (χ2n) is 9.41. The number of carbonyl (C=O) groups is 2. The third-order valence-corrected chi connectivity index (χ3v) is 8.49. The SMILES string of the molecule is CCc1ccccc1N(CC(=O)N(Cc1ccccc1F)C(C)C(=O)NC(C)CC)S(=O)(=O)c1ccccc1. The van der Waals surface area contributed by atoms with Gasteiger partial charge in [0.25, 0.3) is 10.0 Å². The minimum Gasteiger partial charge on any atom is -0.352 e. The Morgan fingerprint density at radius 3 is 2.08 bits per heavy atom. The molecule has 0 aromatic heterocycles. The lowest BCUT2D eigenvalue weighted by Crippen LogP contribution is -2.52. The predicted octanol–water partition coefficient (Wildman–Crippen LogP) is 4.92. The summed E-state index contributed by atoms with van der Waals surface area (Å²) in [4.78, 5) is 28.3. The third kappa shape index (κ3) is 7.23. The van der Waals surface area contributed by atoms with Gasteiger partial charge in [-0.3, -0.25) is 13.9 Å². The summed E-state index contributed by atoms with van der Waals surface area (Å²) in [5, 5.41) is 2.87. The first-order valence-electron chi connectivity index (χ1n) is 13.1. The van der Waals surface area contributed by atoms with Gasteiger partial charge in [-0.2, -0.15) is 0 Å². The first kappa shape index (κ1) is 29.8. The van der Waals surface area contributed by atoms with Gasteiger partial charge in [-0.1, -0.05) is 68.4 Å². The molecule has 0 aliphatic heterocycles. The average molecular weight is 554 g/mol. The van der Waals surface area contributed by atoms with Crippen LogP contribution < -0.4 is 9.62 Å². The molecule has 0 fully saturated rings. The maximum Gasteiger partial charge on any atom is 0.264 e. The van der Waals surface area contributed by atoms with Crippen LogP contribution in [0.3, 0.4) is 0 Å². The van der Waals surface area contributed by atoms with E-state index in [1.807, 2.05) is 32.9 Å². The van der Waals surface area contributed by atoms with Crippen LogP contribution in [0.4, 0.5) is 10.1 Å². The molecule has 0 spiro atoms. The number of anilines is 1. The van der Waals surface area contributed by atoms with E-state index in [9.17, 15) is 22.4 Å². The highest BCUT2D eigenvalue weighted by Gasteiger charge is 2.33. The zero-order chi connectivity index (χ0) is 28.6. The van der Waals surface area contributed by atoms with Gasteiger partial charge in [0.2, 0.25) is 11.8 Å². The smallest absolute Gasteiger partial charge is 0.264 e. The molecule has 0 saturated heterocycles. The Hall–Kier alpha value is -3.72. The van der Waals surface area contributed by atoms with E-state index in [2.05, 4.69) is 5.32 Å². The van der Waals surface area contributed by atoms with E-state index in [0.717, 1.165) is 9.87 Å². The highest BCUT2D eigenvalue weighted by atomic mass is 32.2. The summed E-state index contributed by atoms with van der Waals surface area (Å²) < 4.78 is 43.5. The number of nitrogens with one attached hydrogen (secondary N) is 1. The molecular weight excluding hydrogens is 517 g/mol. The second-order valence-corrected chi connectivity index (χ2v) is 11.3.